The van der Waals surface area contributed by atoms with Crippen molar-refractivity contribution >= 4 is 17.7 Å². The molecule has 0 aliphatic rings. The smallest absolute Gasteiger partial charge is 0.0780 e. The highest BCUT2D eigenvalue weighted by Crippen LogP contribution is 2.34. The van der Waals surface area contributed by atoms with Gasteiger partial charge in [0.2, 0.25) is 0 Å². The topological polar surface area (TPSA) is 22.1 Å². The number of rotatable bonds is 8. The first kappa shape index (κ1) is 20.3. The number of benzene rings is 2. The molecule has 0 unspecified atom stereocenters. The third-order valence-electron chi connectivity index (χ3n) is 4.93. The van der Waals surface area contributed by atoms with Gasteiger partial charge in [-0.2, -0.15) is 0 Å². The molecule has 0 aliphatic carbocycles. The van der Waals surface area contributed by atoms with E-state index in [1.165, 1.54) is 11.1 Å². The van der Waals surface area contributed by atoms with Gasteiger partial charge < -0.3 is 4.74 Å². The van der Waals surface area contributed by atoms with Gasteiger partial charge >= 0.3 is 0 Å². The van der Waals surface area contributed by atoms with Gasteiger partial charge in [-0.25, -0.2) is 0 Å². The van der Waals surface area contributed by atoms with Crippen molar-refractivity contribution in [2.24, 2.45) is 0 Å². The second-order valence-electron chi connectivity index (χ2n) is 6.83. The van der Waals surface area contributed by atoms with Gasteiger partial charge in [0.05, 0.1) is 5.69 Å². The first-order chi connectivity index (χ1) is 13.7. The van der Waals surface area contributed by atoms with Crippen molar-refractivity contribution in [2.45, 2.75) is 26.2 Å². The van der Waals surface area contributed by atoms with Crippen molar-refractivity contribution in [3.05, 3.63) is 83.0 Å². The highest BCUT2D eigenvalue weighted by Gasteiger charge is 2.12. The molecule has 1 heterocycles. The van der Waals surface area contributed by atoms with Crippen LogP contribution in [0.3, 0.4) is 0 Å². The Balaban J connectivity index is 2.07. The maximum Gasteiger partial charge on any atom is 0.0780 e. The summed E-state index contributed by atoms with van der Waals surface area (Å²) in [6, 6.07) is 16.9. The summed E-state index contributed by atoms with van der Waals surface area (Å²) in [7, 11) is 1.73. The van der Waals surface area contributed by atoms with Crippen molar-refractivity contribution in [2.75, 3.05) is 13.7 Å². The van der Waals surface area contributed by atoms with Crippen LogP contribution >= 0.6 is 11.6 Å². The number of pyridine rings is 1. The molecular formula is C25H26ClNO. The summed E-state index contributed by atoms with van der Waals surface area (Å²) in [4.78, 5) is 4.83. The average molecular weight is 392 g/mol. The molecule has 3 heteroatoms. The normalized spacial score (nSPS) is 10.8. The number of aryl methyl sites for hydroxylation is 2. The van der Waals surface area contributed by atoms with E-state index >= 15 is 0 Å². The molecule has 0 aliphatic heterocycles. The molecule has 2 nitrogen and oxygen atoms in total. The predicted molar refractivity (Wildman–Crippen MR) is 120 cm³/mol. The summed E-state index contributed by atoms with van der Waals surface area (Å²) in [5.74, 6) is 0. The van der Waals surface area contributed by atoms with Crippen LogP contribution < -0.4 is 0 Å². The van der Waals surface area contributed by atoms with E-state index in [9.17, 15) is 0 Å². The molecular weight excluding hydrogens is 366 g/mol. The van der Waals surface area contributed by atoms with Gasteiger partial charge in [0.25, 0.3) is 0 Å². The van der Waals surface area contributed by atoms with Gasteiger partial charge in [-0.1, -0.05) is 67.6 Å². The van der Waals surface area contributed by atoms with E-state index in [-0.39, 0.29) is 0 Å². The van der Waals surface area contributed by atoms with Crippen LogP contribution in [-0.2, 0) is 17.6 Å². The van der Waals surface area contributed by atoms with E-state index in [0.29, 0.717) is 5.02 Å². The van der Waals surface area contributed by atoms with Crippen LogP contribution in [0.5, 0.6) is 0 Å². The first-order valence-corrected chi connectivity index (χ1v) is 10.0. The van der Waals surface area contributed by atoms with E-state index < -0.39 is 0 Å². The third kappa shape index (κ3) is 4.70. The van der Waals surface area contributed by atoms with E-state index in [0.717, 1.165) is 53.8 Å². The Morgan fingerprint density at radius 2 is 1.79 bits per heavy atom. The fourth-order valence-corrected chi connectivity index (χ4v) is 3.53. The fourth-order valence-electron chi connectivity index (χ4n) is 3.27. The molecule has 0 saturated carbocycles. The maximum atomic E-state index is 6.45. The van der Waals surface area contributed by atoms with Crippen LogP contribution in [0.4, 0.5) is 0 Å². The Morgan fingerprint density at radius 3 is 2.43 bits per heavy atom. The molecule has 0 saturated heterocycles. The molecule has 0 N–H and O–H groups in total. The number of halogens is 1. The number of hydrogen-bond acceptors (Lipinski definition) is 2. The van der Waals surface area contributed by atoms with Crippen molar-refractivity contribution in [3.63, 3.8) is 0 Å². The molecule has 0 radical (unpaired) electrons. The van der Waals surface area contributed by atoms with Crippen LogP contribution in [0.2, 0.25) is 5.02 Å². The van der Waals surface area contributed by atoms with Gasteiger partial charge in [-0.05, 0) is 53.6 Å². The van der Waals surface area contributed by atoms with Crippen LogP contribution in [-0.4, -0.2) is 18.7 Å². The monoisotopic (exact) mass is 391 g/mol. The average Bonchev–Trinajstić information content (AvgIpc) is 2.74. The molecule has 144 valence electrons. The molecule has 0 spiro atoms. The number of methoxy groups -OCH3 is 1. The van der Waals surface area contributed by atoms with Gasteiger partial charge in [0.1, 0.15) is 0 Å². The molecule has 2 aromatic carbocycles. The van der Waals surface area contributed by atoms with E-state index in [1.807, 2.05) is 18.3 Å². The standard InChI is InChI=1S/C25H26ClNO/c1-4-18-8-10-21(11-9-18)25-23(15-19(17-27-25)7-6-14-28-3)22-13-12-20(5-2)24(26)16-22/h5,8-13,15-17H,2,4,6-7,14H2,1,3H3. The zero-order valence-electron chi connectivity index (χ0n) is 16.5. The van der Waals surface area contributed by atoms with Crippen molar-refractivity contribution < 1.29 is 4.74 Å². The summed E-state index contributed by atoms with van der Waals surface area (Å²) < 4.78 is 5.19. The summed E-state index contributed by atoms with van der Waals surface area (Å²) in [5.41, 5.74) is 7.69. The Labute approximate surface area is 172 Å². The number of hydrogen-bond donors (Lipinski definition) is 0. The van der Waals surface area contributed by atoms with Gasteiger partial charge in [0, 0.05) is 36.1 Å². The van der Waals surface area contributed by atoms with E-state index in [4.69, 9.17) is 21.3 Å². The lowest BCUT2D eigenvalue weighted by atomic mass is 9.95. The highest BCUT2D eigenvalue weighted by molar-refractivity contribution is 6.32. The largest absolute Gasteiger partial charge is 0.385 e. The number of nitrogens with zero attached hydrogens (tertiary/aromatic N) is 1. The first-order valence-electron chi connectivity index (χ1n) is 9.65. The minimum atomic E-state index is 0.699. The molecule has 0 bridgehead atoms. The van der Waals surface area contributed by atoms with E-state index in [1.54, 1.807) is 13.2 Å². The van der Waals surface area contributed by atoms with Crippen LogP contribution in [0.15, 0.2) is 61.3 Å². The van der Waals surface area contributed by atoms with Crippen molar-refractivity contribution in [1.82, 2.24) is 4.98 Å². The summed E-state index contributed by atoms with van der Waals surface area (Å²) >= 11 is 6.45. The van der Waals surface area contributed by atoms with Crippen LogP contribution in [0, 0.1) is 0 Å². The molecule has 28 heavy (non-hydrogen) atoms. The second kappa shape index (κ2) is 9.68. The lowest BCUT2D eigenvalue weighted by Gasteiger charge is -2.13. The highest BCUT2D eigenvalue weighted by atomic mass is 35.5. The Bertz CT molecular complexity index is 947. The second-order valence-corrected chi connectivity index (χ2v) is 7.23. The van der Waals surface area contributed by atoms with Crippen LogP contribution in [0.25, 0.3) is 28.5 Å². The molecule has 3 aromatic rings. The Hall–Kier alpha value is -2.42. The Kier molecular flexibility index (Phi) is 7.02. The quantitative estimate of drug-likeness (QED) is 0.391. The number of ether oxygens (including phenoxy) is 1. The third-order valence-corrected chi connectivity index (χ3v) is 5.25. The van der Waals surface area contributed by atoms with Gasteiger partial charge in [-0.3, -0.25) is 4.98 Å². The molecule has 3 rings (SSSR count). The molecule has 0 atom stereocenters. The van der Waals surface area contributed by atoms with Crippen molar-refractivity contribution in [1.29, 1.82) is 0 Å². The maximum absolute atomic E-state index is 6.45. The zero-order chi connectivity index (χ0) is 19.9. The molecule has 0 amide bonds. The minimum Gasteiger partial charge on any atom is -0.385 e. The minimum absolute atomic E-state index is 0.699. The molecule has 1 aromatic heterocycles. The molecule has 0 fully saturated rings. The lowest BCUT2D eigenvalue weighted by molar-refractivity contribution is 0.195. The van der Waals surface area contributed by atoms with Gasteiger partial charge in [0.15, 0.2) is 0 Å². The summed E-state index contributed by atoms with van der Waals surface area (Å²) in [6.07, 6.45) is 6.68. The predicted octanol–water partition coefficient (Wildman–Crippen LogP) is 6.85. The van der Waals surface area contributed by atoms with Gasteiger partial charge in [-0.15, -0.1) is 0 Å². The summed E-state index contributed by atoms with van der Waals surface area (Å²) in [6.45, 7) is 6.73. The SMILES string of the molecule is C=Cc1ccc(-c2cc(CCCOC)cnc2-c2ccc(CC)cc2)cc1Cl. The zero-order valence-corrected chi connectivity index (χ0v) is 17.3. The Morgan fingerprint density at radius 1 is 1.04 bits per heavy atom. The number of aromatic nitrogens is 1. The fraction of sp³-hybridized carbons (Fsp3) is 0.240. The lowest BCUT2D eigenvalue weighted by Crippen LogP contribution is -1.97. The van der Waals surface area contributed by atoms with Crippen LogP contribution in [0.1, 0.15) is 30.0 Å². The van der Waals surface area contributed by atoms with Crippen molar-refractivity contribution in [3.8, 4) is 22.4 Å². The van der Waals surface area contributed by atoms with E-state index in [2.05, 4.69) is 49.9 Å². The summed E-state index contributed by atoms with van der Waals surface area (Å²) in [5, 5.41) is 0.699.